The summed E-state index contributed by atoms with van der Waals surface area (Å²) in [5.41, 5.74) is 0. The van der Waals surface area contributed by atoms with Crippen LogP contribution < -0.4 is 0 Å². The Hall–Kier alpha value is -1.09. The van der Waals surface area contributed by atoms with E-state index in [1.807, 2.05) is 0 Å². The van der Waals surface area contributed by atoms with Crippen LogP contribution in [0.5, 0.6) is 0 Å². The maximum atomic E-state index is 12.1. The molecule has 1 nitrogen and oxygen atoms in total. The minimum absolute atomic E-state index is 2.40. The molecule has 0 aliphatic carbocycles. The maximum absolute atomic E-state index is 12.1. The van der Waals surface area contributed by atoms with Crippen molar-refractivity contribution in [3.63, 3.8) is 0 Å². The zero-order chi connectivity index (χ0) is 13.1. The first-order valence-electron chi connectivity index (χ1n) is 3.39. The Morgan fingerprint density at radius 1 is 1.00 bits per heavy atom. The van der Waals surface area contributed by atoms with Gasteiger partial charge in [-0.3, -0.25) is 0 Å². The molecule has 0 aromatic carbocycles. The predicted molar refractivity (Wildman–Crippen MR) is 32.2 cm³/mol. The normalized spacial score (nSPS) is 15.1. The minimum atomic E-state index is -5.77. The van der Waals surface area contributed by atoms with Crippen LogP contribution in [0.3, 0.4) is 0 Å². The summed E-state index contributed by atoms with van der Waals surface area (Å²) in [6.07, 6.45) is -10.0. The molecular formula is C6H3F9O. The quantitative estimate of drug-likeness (QED) is 0.555. The summed E-state index contributed by atoms with van der Waals surface area (Å²) >= 11 is 0. The molecule has 0 aliphatic rings. The lowest BCUT2D eigenvalue weighted by atomic mass is 10.4. The smallest absolute Gasteiger partial charge is 0.449 e. The van der Waals surface area contributed by atoms with Gasteiger partial charge in [0.25, 0.3) is 5.83 Å². The number of hydrogen-bond donors (Lipinski definition) is 0. The average molecular weight is 262 g/mol. The van der Waals surface area contributed by atoms with E-state index in [0.29, 0.717) is 0 Å². The van der Waals surface area contributed by atoms with Crippen LogP contribution in [0.15, 0.2) is 11.8 Å². The molecule has 0 rings (SSSR count). The minimum Gasteiger partial charge on any atom is -0.462 e. The van der Waals surface area contributed by atoms with Crippen LogP contribution in [-0.2, 0) is 4.74 Å². The van der Waals surface area contributed by atoms with Crippen molar-refractivity contribution in [2.75, 3.05) is 6.61 Å². The first-order valence-corrected chi connectivity index (χ1v) is 3.39. The second-order valence-corrected chi connectivity index (χ2v) is 2.44. The van der Waals surface area contributed by atoms with E-state index >= 15 is 0 Å². The molecule has 10 heteroatoms. The summed E-state index contributed by atoms with van der Waals surface area (Å²) in [5, 5.41) is 0. The number of allylic oxidation sites excluding steroid dienone is 1. The van der Waals surface area contributed by atoms with Crippen molar-refractivity contribution in [1.29, 1.82) is 0 Å². The Balaban J connectivity index is 4.55. The van der Waals surface area contributed by atoms with Gasteiger partial charge in [0.05, 0.1) is 0 Å². The third-order valence-electron chi connectivity index (χ3n) is 1.13. The predicted octanol–water partition coefficient (Wildman–Crippen LogP) is 3.57. The van der Waals surface area contributed by atoms with Crippen molar-refractivity contribution < 1.29 is 44.3 Å². The molecule has 0 saturated carbocycles. The third-order valence-corrected chi connectivity index (χ3v) is 1.13. The molecule has 96 valence electrons. The number of rotatable bonds is 4. The van der Waals surface area contributed by atoms with Gasteiger partial charge >= 0.3 is 24.5 Å². The fourth-order valence-electron chi connectivity index (χ4n) is 0.397. The molecule has 0 aromatic rings. The highest BCUT2D eigenvalue weighted by Gasteiger charge is 2.44. The number of alkyl halides is 7. The van der Waals surface area contributed by atoms with Crippen molar-refractivity contribution in [1.82, 2.24) is 0 Å². The third kappa shape index (κ3) is 4.19. The Labute approximate surface area is 82.5 Å². The molecule has 0 heterocycles. The van der Waals surface area contributed by atoms with Gasteiger partial charge in [0, 0.05) is 0 Å². The molecule has 0 aliphatic heterocycles. The van der Waals surface area contributed by atoms with Gasteiger partial charge in [-0.25, -0.2) is 8.78 Å². The Morgan fingerprint density at radius 3 is 1.75 bits per heavy atom. The Kier molecular flexibility index (Phi) is 4.50. The average Bonchev–Trinajstić information content (AvgIpc) is 2.11. The summed E-state index contributed by atoms with van der Waals surface area (Å²) in [4.78, 5) is 0. The molecule has 0 aromatic heterocycles. The summed E-state index contributed by atoms with van der Waals surface area (Å²) in [6.45, 7) is -2.40. The highest BCUT2D eigenvalue weighted by Crippen LogP contribution is 2.31. The maximum Gasteiger partial charge on any atom is 0.449 e. The molecule has 0 fully saturated rings. The van der Waals surface area contributed by atoms with Crippen LogP contribution in [0.25, 0.3) is 0 Å². The van der Waals surface area contributed by atoms with E-state index in [4.69, 9.17) is 0 Å². The second kappa shape index (κ2) is 4.83. The van der Waals surface area contributed by atoms with Crippen molar-refractivity contribution in [2.45, 2.75) is 18.5 Å². The van der Waals surface area contributed by atoms with E-state index in [2.05, 4.69) is 4.74 Å². The van der Waals surface area contributed by atoms with Gasteiger partial charge in [0.2, 0.25) is 0 Å². The highest BCUT2D eigenvalue weighted by molar-refractivity contribution is 5.00. The lowest BCUT2D eigenvalue weighted by molar-refractivity contribution is -0.166. The molecule has 16 heavy (non-hydrogen) atoms. The molecule has 0 bridgehead atoms. The topological polar surface area (TPSA) is 9.23 Å². The fraction of sp³-hybridized carbons (Fsp3) is 0.667. The van der Waals surface area contributed by atoms with Gasteiger partial charge < -0.3 is 4.74 Å². The zero-order valence-corrected chi connectivity index (χ0v) is 7.09. The monoisotopic (exact) mass is 262 g/mol. The van der Waals surface area contributed by atoms with Gasteiger partial charge in [0.15, 0.2) is 6.61 Å². The van der Waals surface area contributed by atoms with Crippen molar-refractivity contribution in [2.24, 2.45) is 0 Å². The van der Waals surface area contributed by atoms with Crippen LogP contribution in [0.1, 0.15) is 0 Å². The lowest BCUT2D eigenvalue weighted by Gasteiger charge is -2.15. The van der Waals surface area contributed by atoms with Crippen LogP contribution in [0.2, 0.25) is 0 Å². The fourth-order valence-corrected chi connectivity index (χ4v) is 0.397. The molecule has 0 saturated heterocycles. The van der Waals surface area contributed by atoms with Gasteiger partial charge in [-0.2, -0.15) is 30.7 Å². The van der Waals surface area contributed by atoms with Gasteiger partial charge in [-0.1, -0.05) is 0 Å². The van der Waals surface area contributed by atoms with Crippen LogP contribution in [0, 0.1) is 0 Å². The molecule has 0 atom stereocenters. The van der Waals surface area contributed by atoms with E-state index in [9.17, 15) is 39.5 Å². The van der Waals surface area contributed by atoms with Crippen LogP contribution in [-0.4, -0.2) is 25.1 Å². The highest BCUT2D eigenvalue weighted by atomic mass is 19.4. The van der Waals surface area contributed by atoms with E-state index in [-0.39, 0.29) is 0 Å². The van der Waals surface area contributed by atoms with Gasteiger partial charge in [0.1, 0.15) is 0 Å². The van der Waals surface area contributed by atoms with Crippen molar-refractivity contribution in [3.05, 3.63) is 11.8 Å². The molecule has 0 radical (unpaired) electrons. The van der Waals surface area contributed by atoms with Gasteiger partial charge in [-0.15, -0.1) is 0 Å². The first kappa shape index (κ1) is 14.9. The Bertz CT molecular complexity index is 266. The first-order chi connectivity index (χ1) is 6.98. The van der Waals surface area contributed by atoms with E-state index in [1.165, 1.54) is 0 Å². The molecular weight excluding hydrogens is 259 g/mol. The SMILES string of the molecule is F/C(OCC(F)(F)C(F)F)=C(\F)C(F)(F)F. The van der Waals surface area contributed by atoms with Gasteiger partial charge in [-0.05, 0) is 0 Å². The number of halogens is 9. The molecule has 0 spiro atoms. The summed E-state index contributed by atoms with van der Waals surface area (Å²) in [6, 6.07) is -3.02. The summed E-state index contributed by atoms with van der Waals surface area (Å²) in [7, 11) is 0. The number of ether oxygens (including phenoxy) is 1. The van der Waals surface area contributed by atoms with Crippen LogP contribution >= 0.6 is 0 Å². The number of hydrogen-bond acceptors (Lipinski definition) is 1. The zero-order valence-electron chi connectivity index (χ0n) is 7.09. The van der Waals surface area contributed by atoms with E-state index in [0.717, 1.165) is 0 Å². The van der Waals surface area contributed by atoms with Crippen LogP contribution in [0.4, 0.5) is 39.5 Å². The van der Waals surface area contributed by atoms with Crippen molar-refractivity contribution in [3.8, 4) is 0 Å². The standard InChI is InChI=1S/C6H3F9O/c7-2(6(13,14)15)3(8)16-1-5(11,12)4(9)10/h4H,1H2/b3-2+. The summed E-state index contributed by atoms with van der Waals surface area (Å²) in [5.74, 6) is -8.28. The molecule has 0 amide bonds. The lowest BCUT2D eigenvalue weighted by Crippen LogP contribution is -2.32. The van der Waals surface area contributed by atoms with E-state index in [1.54, 1.807) is 0 Å². The second-order valence-electron chi connectivity index (χ2n) is 2.44. The summed E-state index contributed by atoms with van der Waals surface area (Å²) < 4.78 is 108. The van der Waals surface area contributed by atoms with Crippen molar-refractivity contribution >= 4 is 0 Å². The molecule has 0 unspecified atom stereocenters. The van der Waals surface area contributed by atoms with E-state index < -0.39 is 37.0 Å². The molecule has 0 N–H and O–H groups in total. The largest absolute Gasteiger partial charge is 0.462 e. The Morgan fingerprint density at radius 2 is 1.44 bits per heavy atom.